The van der Waals surface area contributed by atoms with Gasteiger partial charge in [-0.1, -0.05) is 51.8 Å². The van der Waals surface area contributed by atoms with Crippen LogP contribution < -0.4 is 0 Å². The van der Waals surface area contributed by atoms with Gasteiger partial charge in [-0.25, -0.2) is 0 Å². The van der Waals surface area contributed by atoms with Crippen molar-refractivity contribution in [3.63, 3.8) is 0 Å². The van der Waals surface area contributed by atoms with E-state index < -0.39 is 0 Å². The van der Waals surface area contributed by atoms with Crippen LogP contribution in [0.15, 0.2) is 24.3 Å². The maximum atomic E-state index is 4.09. The lowest BCUT2D eigenvalue weighted by Gasteiger charge is -2.59. The van der Waals surface area contributed by atoms with Crippen molar-refractivity contribution >= 4 is 0 Å². The number of fused-ring (bicyclic) bond motifs is 3. The molecule has 0 aliphatic heterocycles. The Kier molecular flexibility index (Phi) is 3.23. The van der Waals surface area contributed by atoms with Crippen molar-refractivity contribution in [2.45, 2.75) is 72.6 Å². The summed E-state index contributed by atoms with van der Waals surface area (Å²) in [5.41, 5.74) is 3.23. The van der Waals surface area contributed by atoms with Gasteiger partial charge in [0.25, 0.3) is 0 Å². The summed E-state index contributed by atoms with van der Waals surface area (Å²) in [7, 11) is 0. The van der Waals surface area contributed by atoms with Gasteiger partial charge >= 0.3 is 0 Å². The van der Waals surface area contributed by atoms with E-state index in [1.54, 1.807) is 5.57 Å². The molecule has 3 aliphatic carbocycles. The van der Waals surface area contributed by atoms with Gasteiger partial charge in [-0.05, 0) is 66.6 Å². The topological polar surface area (TPSA) is 0 Å². The Hall–Kier alpha value is -0.520. The molecule has 0 spiro atoms. The Morgan fingerprint density at radius 1 is 1.15 bits per heavy atom. The highest BCUT2D eigenvalue weighted by Gasteiger charge is 2.53. The van der Waals surface area contributed by atoms with Crippen LogP contribution in [0.25, 0.3) is 0 Å². The summed E-state index contributed by atoms with van der Waals surface area (Å²) < 4.78 is 0. The third kappa shape index (κ3) is 2.02. The highest BCUT2D eigenvalue weighted by molar-refractivity contribution is 5.24. The Morgan fingerprint density at radius 3 is 2.60 bits per heavy atom. The van der Waals surface area contributed by atoms with Gasteiger partial charge in [-0.3, -0.25) is 0 Å². The van der Waals surface area contributed by atoms with Crippen molar-refractivity contribution in [2.24, 2.45) is 28.1 Å². The molecule has 0 aromatic rings. The highest BCUT2D eigenvalue weighted by Crippen LogP contribution is 2.63. The molecular formula is C20H32. The van der Waals surface area contributed by atoms with Crippen molar-refractivity contribution < 1.29 is 0 Å². The minimum absolute atomic E-state index is 0.357. The maximum absolute atomic E-state index is 4.09. The molecule has 2 saturated carbocycles. The highest BCUT2D eigenvalue weighted by atomic mass is 14.6. The molecule has 4 atom stereocenters. The van der Waals surface area contributed by atoms with E-state index in [0.717, 1.165) is 11.8 Å². The quantitative estimate of drug-likeness (QED) is 0.503. The fourth-order valence-corrected chi connectivity index (χ4v) is 5.92. The molecule has 0 unspecified atom stereocenters. The molecular weight excluding hydrogens is 240 g/mol. The second-order valence-corrected chi connectivity index (χ2v) is 9.04. The smallest absolute Gasteiger partial charge is 0.0112 e. The Labute approximate surface area is 125 Å². The molecule has 0 N–H and O–H groups in total. The third-order valence-corrected chi connectivity index (χ3v) is 7.24. The lowest BCUT2D eigenvalue weighted by Crippen LogP contribution is -2.50. The second-order valence-electron chi connectivity index (χ2n) is 9.04. The van der Waals surface area contributed by atoms with Crippen molar-refractivity contribution in [3.8, 4) is 0 Å². The van der Waals surface area contributed by atoms with Crippen LogP contribution in [0, 0.1) is 28.1 Å². The summed E-state index contributed by atoms with van der Waals surface area (Å²) in [6.07, 6.45) is 14.5. The van der Waals surface area contributed by atoms with E-state index in [0.29, 0.717) is 16.2 Å². The number of hydrogen-bond donors (Lipinski definition) is 0. The fraction of sp³-hybridized carbons (Fsp3) is 0.800. The van der Waals surface area contributed by atoms with Crippen LogP contribution >= 0.6 is 0 Å². The van der Waals surface area contributed by atoms with E-state index in [2.05, 4.69) is 46.4 Å². The van der Waals surface area contributed by atoms with Gasteiger partial charge < -0.3 is 0 Å². The molecule has 0 saturated heterocycles. The molecule has 0 bridgehead atoms. The van der Waals surface area contributed by atoms with Gasteiger partial charge in [0.2, 0.25) is 0 Å². The van der Waals surface area contributed by atoms with Gasteiger partial charge in [0.1, 0.15) is 0 Å². The summed E-state index contributed by atoms with van der Waals surface area (Å²) in [5.74, 6) is 1.75. The maximum Gasteiger partial charge on any atom is -0.0112 e. The Morgan fingerprint density at radius 2 is 1.90 bits per heavy atom. The minimum Gasteiger partial charge on any atom is -0.103 e. The third-order valence-electron chi connectivity index (χ3n) is 7.24. The molecule has 112 valence electrons. The largest absolute Gasteiger partial charge is 0.103 e. The lowest BCUT2D eigenvalue weighted by atomic mass is 9.46. The Bertz CT molecular complexity index is 441. The zero-order valence-corrected chi connectivity index (χ0v) is 14.0. The monoisotopic (exact) mass is 272 g/mol. The van der Waals surface area contributed by atoms with Gasteiger partial charge in [0.05, 0.1) is 0 Å². The minimum atomic E-state index is 0.357. The van der Waals surface area contributed by atoms with Gasteiger partial charge in [-0.2, -0.15) is 0 Å². The zero-order valence-electron chi connectivity index (χ0n) is 14.0. The first-order chi connectivity index (χ1) is 9.31. The SMILES string of the molecule is C=C[C@@]1(C)CC[C@@H]2C(=CC[C@H]3C(C)(C)CCC[C@]23C)C1. The van der Waals surface area contributed by atoms with Crippen molar-refractivity contribution in [2.75, 3.05) is 0 Å². The standard InChI is InChI=1S/C20H32/c1-6-19(4)13-10-16-15(14-19)8-9-17-18(2,3)11-7-12-20(16,17)5/h6,8,16-17H,1,7,9-14H2,2-5H3/t16-,17+,19+,20-/m1/s1. The number of rotatable bonds is 1. The van der Waals surface area contributed by atoms with Crippen LogP contribution in [-0.4, -0.2) is 0 Å². The summed E-state index contributed by atoms with van der Waals surface area (Å²) in [4.78, 5) is 0. The van der Waals surface area contributed by atoms with Crippen molar-refractivity contribution in [3.05, 3.63) is 24.3 Å². The van der Waals surface area contributed by atoms with Gasteiger partial charge in [-0.15, -0.1) is 6.58 Å². The van der Waals surface area contributed by atoms with E-state index in [4.69, 9.17) is 0 Å². The average Bonchev–Trinajstić information content (AvgIpc) is 2.37. The molecule has 3 aliphatic rings. The molecule has 0 radical (unpaired) electrons. The van der Waals surface area contributed by atoms with E-state index in [1.165, 1.54) is 44.9 Å². The molecule has 0 heterocycles. The van der Waals surface area contributed by atoms with Crippen LogP contribution in [0.2, 0.25) is 0 Å². The van der Waals surface area contributed by atoms with Crippen LogP contribution in [0.4, 0.5) is 0 Å². The number of hydrogen-bond acceptors (Lipinski definition) is 0. The van der Waals surface area contributed by atoms with Crippen LogP contribution in [-0.2, 0) is 0 Å². The molecule has 0 aromatic carbocycles. The summed E-state index contributed by atoms with van der Waals surface area (Å²) >= 11 is 0. The normalized spacial score (nSPS) is 46.9. The molecule has 0 aromatic heterocycles. The van der Waals surface area contributed by atoms with Crippen LogP contribution in [0.1, 0.15) is 72.6 Å². The fourth-order valence-electron chi connectivity index (χ4n) is 5.92. The van der Waals surface area contributed by atoms with Gasteiger partial charge in [0, 0.05) is 0 Å². The summed E-state index contributed by atoms with van der Waals surface area (Å²) in [6.45, 7) is 14.1. The molecule has 0 heteroatoms. The lowest BCUT2D eigenvalue weighted by molar-refractivity contribution is -0.0489. The molecule has 3 rings (SSSR count). The first-order valence-corrected chi connectivity index (χ1v) is 8.63. The van der Waals surface area contributed by atoms with E-state index in [9.17, 15) is 0 Å². The zero-order chi connectivity index (χ0) is 14.6. The first-order valence-electron chi connectivity index (χ1n) is 8.63. The second kappa shape index (κ2) is 4.49. The molecule has 0 nitrogen and oxygen atoms in total. The molecule has 20 heavy (non-hydrogen) atoms. The average molecular weight is 272 g/mol. The van der Waals surface area contributed by atoms with Crippen molar-refractivity contribution in [1.29, 1.82) is 0 Å². The molecule has 2 fully saturated rings. The predicted octanol–water partition coefficient (Wildman–Crippen LogP) is 6.14. The van der Waals surface area contributed by atoms with E-state index in [-0.39, 0.29) is 0 Å². The molecule has 0 amide bonds. The Balaban J connectivity index is 1.94. The first kappa shape index (κ1) is 14.4. The number of allylic oxidation sites excluding steroid dienone is 3. The summed E-state index contributed by atoms with van der Waals surface area (Å²) in [5, 5.41) is 0. The van der Waals surface area contributed by atoms with Crippen LogP contribution in [0.3, 0.4) is 0 Å². The summed E-state index contributed by atoms with van der Waals surface area (Å²) in [6, 6.07) is 0. The van der Waals surface area contributed by atoms with E-state index in [1.807, 2.05) is 0 Å². The predicted molar refractivity (Wildman–Crippen MR) is 87.6 cm³/mol. The van der Waals surface area contributed by atoms with E-state index >= 15 is 0 Å². The van der Waals surface area contributed by atoms with Crippen molar-refractivity contribution in [1.82, 2.24) is 0 Å². The van der Waals surface area contributed by atoms with Crippen LogP contribution in [0.5, 0.6) is 0 Å². The van der Waals surface area contributed by atoms with Gasteiger partial charge in [0.15, 0.2) is 0 Å².